The number of thiophene rings is 1. The van der Waals surface area contributed by atoms with E-state index < -0.39 is 5.43 Å². The Hall–Kier alpha value is -0.250. The van der Waals surface area contributed by atoms with Crippen LogP contribution in [0.25, 0.3) is 0 Å². The first-order valence-corrected chi connectivity index (χ1v) is 4.30. The third-order valence-corrected chi connectivity index (χ3v) is 2.34. The van der Waals surface area contributed by atoms with Crippen LogP contribution >= 0.6 is 34.5 Å². The molecule has 1 rings (SSSR count). The smallest absolute Gasteiger partial charge is 0.403 e. The standard InChI is InChI=1S/C6H4Cl2O2S/c1-3-2-4(7)11-5(3)10-6(8)9/h2H,1H3. The normalized spacial score (nSPS) is 9.73. The fourth-order valence-electron chi connectivity index (χ4n) is 0.602. The molecule has 0 radical (unpaired) electrons. The molecule has 0 spiro atoms. The molecule has 0 saturated heterocycles. The number of carbonyl (C=O) groups excluding carboxylic acids is 1. The first-order chi connectivity index (χ1) is 5.09. The summed E-state index contributed by atoms with van der Waals surface area (Å²) in [4.78, 5) is 10.3. The highest BCUT2D eigenvalue weighted by molar-refractivity contribution is 7.18. The molecule has 0 unspecified atom stereocenters. The van der Waals surface area contributed by atoms with E-state index in [-0.39, 0.29) is 0 Å². The zero-order valence-electron chi connectivity index (χ0n) is 5.56. The van der Waals surface area contributed by atoms with Gasteiger partial charge in [0.15, 0.2) is 5.06 Å². The molecule has 0 aromatic carbocycles. The molecule has 0 aliphatic heterocycles. The van der Waals surface area contributed by atoms with Gasteiger partial charge in [-0.05, 0) is 13.0 Å². The molecular formula is C6H4Cl2O2S. The highest BCUT2D eigenvalue weighted by Gasteiger charge is 2.07. The highest BCUT2D eigenvalue weighted by Crippen LogP contribution is 2.33. The number of hydrogen-bond acceptors (Lipinski definition) is 3. The van der Waals surface area contributed by atoms with Gasteiger partial charge in [-0.15, -0.1) is 0 Å². The fraction of sp³-hybridized carbons (Fsp3) is 0.167. The Morgan fingerprint density at radius 2 is 2.36 bits per heavy atom. The summed E-state index contributed by atoms with van der Waals surface area (Å²) in [6, 6.07) is 1.71. The maximum Gasteiger partial charge on any atom is 0.409 e. The van der Waals surface area contributed by atoms with Gasteiger partial charge in [0, 0.05) is 17.2 Å². The van der Waals surface area contributed by atoms with Gasteiger partial charge in [-0.1, -0.05) is 22.9 Å². The SMILES string of the molecule is Cc1cc(Cl)sc1OC(=O)Cl. The van der Waals surface area contributed by atoms with Gasteiger partial charge in [-0.2, -0.15) is 0 Å². The predicted octanol–water partition coefficient (Wildman–Crippen LogP) is 3.45. The first kappa shape index (κ1) is 8.84. The van der Waals surface area contributed by atoms with Gasteiger partial charge in [0.25, 0.3) is 0 Å². The molecule has 0 bridgehead atoms. The van der Waals surface area contributed by atoms with Gasteiger partial charge in [0.05, 0.1) is 4.34 Å². The van der Waals surface area contributed by atoms with Crippen molar-refractivity contribution in [3.8, 4) is 5.06 Å². The summed E-state index contributed by atoms with van der Waals surface area (Å²) < 4.78 is 5.21. The van der Waals surface area contributed by atoms with E-state index in [1.54, 1.807) is 13.0 Å². The van der Waals surface area contributed by atoms with Gasteiger partial charge < -0.3 is 4.74 Å². The largest absolute Gasteiger partial charge is 0.409 e. The Morgan fingerprint density at radius 1 is 1.73 bits per heavy atom. The number of carbonyl (C=O) groups is 1. The average molecular weight is 211 g/mol. The quantitative estimate of drug-likeness (QED) is 0.665. The third-order valence-electron chi connectivity index (χ3n) is 1.02. The van der Waals surface area contributed by atoms with Crippen LogP contribution in [0.15, 0.2) is 6.07 Å². The molecule has 60 valence electrons. The molecule has 0 N–H and O–H groups in total. The molecular weight excluding hydrogens is 207 g/mol. The maximum absolute atomic E-state index is 10.3. The van der Waals surface area contributed by atoms with E-state index in [1.807, 2.05) is 0 Å². The van der Waals surface area contributed by atoms with Gasteiger partial charge in [0.2, 0.25) is 0 Å². The van der Waals surface area contributed by atoms with Crippen molar-refractivity contribution >= 4 is 40.0 Å². The van der Waals surface area contributed by atoms with Crippen molar-refractivity contribution in [1.82, 2.24) is 0 Å². The summed E-state index contributed by atoms with van der Waals surface area (Å²) in [5, 5.41) is 0.454. The summed E-state index contributed by atoms with van der Waals surface area (Å²) in [5.74, 6) is 0. The molecule has 2 nitrogen and oxygen atoms in total. The lowest BCUT2D eigenvalue weighted by molar-refractivity contribution is 0.226. The lowest BCUT2D eigenvalue weighted by Gasteiger charge is -1.94. The second-order valence-corrected chi connectivity index (χ2v) is 3.82. The fourth-order valence-corrected chi connectivity index (χ4v) is 1.85. The molecule has 1 heterocycles. The van der Waals surface area contributed by atoms with E-state index >= 15 is 0 Å². The summed E-state index contributed by atoms with van der Waals surface area (Å²) in [6.45, 7) is 1.79. The Labute approximate surface area is 77.7 Å². The van der Waals surface area contributed by atoms with Crippen molar-refractivity contribution in [3.63, 3.8) is 0 Å². The average Bonchev–Trinajstić information content (AvgIpc) is 2.09. The Balaban J connectivity index is 2.85. The molecule has 0 aliphatic carbocycles. The molecule has 0 aliphatic rings. The zero-order valence-corrected chi connectivity index (χ0v) is 7.89. The van der Waals surface area contributed by atoms with Gasteiger partial charge >= 0.3 is 5.43 Å². The van der Waals surface area contributed by atoms with Crippen LogP contribution in [0.4, 0.5) is 4.79 Å². The van der Waals surface area contributed by atoms with Crippen LogP contribution in [0.5, 0.6) is 5.06 Å². The first-order valence-electron chi connectivity index (χ1n) is 2.73. The minimum Gasteiger partial charge on any atom is -0.403 e. The van der Waals surface area contributed by atoms with E-state index in [4.69, 9.17) is 23.2 Å². The monoisotopic (exact) mass is 210 g/mol. The maximum atomic E-state index is 10.3. The second kappa shape index (κ2) is 3.43. The highest BCUT2D eigenvalue weighted by atomic mass is 35.5. The molecule has 1 aromatic rings. The summed E-state index contributed by atoms with van der Waals surface area (Å²) in [5.41, 5.74) is -0.0272. The number of rotatable bonds is 1. The summed E-state index contributed by atoms with van der Waals surface area (Å²) in [6.07, 6.45) is 0. The van der Waals surface area contributed by atoms with Crippen molar-refractivity contribution in [2.45, 2.75) is 6.92 Å². The molecule has 0 fully saturated rings. The van der Waals surface area contributed by atoms with Gasteiger partial charge in [-0.25, -0.2) is 4.79 Å². The lowest BCUT2D eigenvalue weighted by atomic mass is 10.4. The zero-order chi connectivity index (χ0) is 8.43. The minimum absolute atomic E-state index is 0.454. The van der Waals surface area contributed by atoms with Crippen LogP contribution in [-0.2, 0) is 0 Å². The van der Waals surface area contributed by atoms with Crippen LogP contribution in [0.1, 0.15) is 5.56 Å². The van der Waals surface area contributed by atoms with Crippen molar-refractivity contribution in [3.05, 3.63) is 16.0 Å². The van der Waals surface area contributed by atoms with Crippen molar-refractivity contribution in [2.24, 2.45) is 0 Å². The molecule has 5 heteroatoms. The van der Waals surface area contributed by atoms with Crippen molar-refractivity contribution < 1.29 is 9.53 Å². The Kier molecular flexibility index (Phi) is 2.76. The van der Waals surface area contributed by atoms with Crippen LogP contribution in [0.3, 0.4) is 0 Å². The van der Waals surface area contributed by atoms with Crippen LogP contribution in [0, 0.1) is 6.92 Å². The minimum atomic E-state index is -0.841. The van der Waals surface area contributed by atoms with Crippen LogP contribution in [0.2, 0.25) is 4.34 Å². The number of hydrogen-bond donors (Lipinski definition) is 0. The van der Waals surface area contributed by atoms with E-state index in [9.17, 15) is 4.79 Å². The van der Waals surface area contributed by atoms with Crippen LogP contribution in [-0.4, -0.2) is 5.43 Å². The van der Waals surface area contributed by atoms with Crippen LogP contribution < -0.4 is 4.74 Å². The summed E-state index contributed by atoms with van der Waals surface area (Å²) in [7, 11) is 0. The van der Waals surface area contributed by atoms with E-state index in [2.05, 4.69) is 4.74 Å². The molecule has 0 saturated carbocycles. The topological polar surface area (TPSA) is 26.3 Å². The predicted molar refractivity (Wildman–Crippen MR) is 45.9 cm³/mol. The van der Waals surface area contributed by atoms with Gasteiger partial charge in [0.1, 0.15) is 0 Å². The molecule has 11 heavy (non-hydrogen) atoms. The molecule has 1 aromatic heterocycles. The second-order valence-electron chi connectivity index (χ2n) is 1.86. The van der Waals surface area contributed by atoms with Crippen molar-refractivity contribution in [1.29, 1.82) is 0 Å². The van der Waals surface area contributed by atoms with E-state index in [0.717, 1.165) is 5.56 Å². The molecule has 0 amide bonds. The van der Waals surface area contributed by atoms with Crippen molar-refractivity contribution in [2.75, 3.05) is 0 Å². The van der Waals surface area contributed by atoms with E-state index in [1.165, 1.54) is 11.3 Å². The lowest BCUT2D eigenvalue weighted by Crippen LogP contribution is -1.94. The van der Waals surface area contributed by atoms with E-state index in [0.29, 0.717) is 9.40 Å². The number of ether oxygens (including phenoxy) is 1. The number of aryl methyl sites for hydroxylation is 1. The number of halogens is 2. The third kappa shape index (κ3) is 2.36. The summed E-state index contributed by atoms with van der Waals surface area (Å²) >= 11 is 11.8. The molecule has 0 atom stereocenters. The van der Waals surface area contributed by atoms with Gasteiger partial charge in [-0.3, -0.25) is 0 Å². The Bertz CT molecular complexity index is 282. The Morgan fingerprint density at radius 3 is 2.73 bits per heavy atom.